The highest BCUT2D eigenvalue weighted by Crippen LogP contribution is 2.37. The first-order valence-electron chi connectivity index (χ1n) is 10.6. The maximum Gasteiger partial charge on any atom is 0.418 e. The number of carbonyl (C=O) groups is 1. The van der Waals surface area contributed by atoms with Crippen LogP contribution in [0.5, 0.6) is 11.5 Å². The number of halogens is 3. The second kappa shape index (κ2) is 10.4. The van der Waals surface area contributed by atoms with E-state index in [0.717, 1.165) is 6.07 Å². The van der Waals surface area contributed by atoms with Gasteiger partial charge in [-0.15, -0.1) is 0 Å². The first-order chi connectivity index (χ1) is 17.3. The van der Waals surface area contributed by atoms with Crippen molar-refractivity contribution < 1.29 is 32.0 Å². The number of alkyl halides is 3. The van der Waals surface area contributed by atoms with Gasteiger partial charge in [0.05, 0.1) is 26.3 Å². The van der Waals surface area contributed by atoms with Crippen molar-refractivity contribution >= 4 is 17.3 Å². The predicted molar refractivity (Wildman–Crippen MR) is 126 cm³/mol. The van der Waals surface area contributed by atoms with E-state index < -0.39 is 17.6 Å². The van der Waals surface area contributed by atoms with Crippen LogP contribution >= 0.6 is 0 Å². The third-order valence-electron chi connectivity index (χ3n) is 5.16. The molecular weight excluding hydrogens is 477 g/mol. The number of carbonyl (C=O) groups excluding carboxylic acids is 1. The molecule has 2 N–H and O–H groups in total. The van der Waals surface area contributed by atoms with Crippen molar-refractivity contribution in [2.45, 2.75) is 12.7 Å². The molecule has 3 aromatic carbocycles. The highest BCUT2D eigenvalue weighted by Gasteiger charge is 2.34. The fraction of sp³-hybridized carbons (Fsp3) is 0.160. The average molecular weight is 498 g/mol. The van der Waals surface area contributed by atoms with Gasteiger partial charge in [-0.25, -0.2) is 0 Å². The Morgan fingerprint density at radius 1 is 0.972 bits per heavy atom. The molecule has 0 spiro atoms. The number of methoxy groups -OCH3 is 2. The van der Waals surface area contributed by atoms with E-state index in [1.807, 2.05) is 0 Å². The molecule has 186 valence electrons. The molecule has 0 bridgehead atoms. The number of anilines is 2. The van der Waals surface area contributed by atoms with Crippen molar-refractivity contribution in [3.8, 4) is 22.9 Å². The Bertz CT molecular complexity index is 1360. The van der Waals surface area contributed by atoms with Crippen LogP contribution in [-0.2, 0) is 12.7 Å². The number of hydrogen-bond acceptors (Lipinski definition) is 7. The molecule has 1 amide bonds. The second-order valence-electron chi connectivity index (χ2n) is 7.51. The summed E-state index contributed by atoms with van der Waals surface area (Å²) < 4.78 is 56.9. The summed E-state index contributed by atoms with van der Waals surface area (Å²) in [4.78, 5) is 16.5. The number of hydrogen-bond donors (Lipinski definition) is 2. The first kappa shape index (κ1) is 24.6. The van der Waals surface area contributed by atoms with Crippen molar-refractivity contribution in [3.63, 3.8) is 0 Å². The molecule has 1 heterocycles. The Kier molecular flexibility index (Phi) is 7.09. The van der Waals surface area contributed by atoms with Crippen molar-refractivity contribution in [2.24, 2.45) is 0 Å². The first-order valence-corrected chi connectivity index (χ1v) is 10.6. The van der Waals surface area contributed by atoms with Gasteiger partial charge in [0.15, 0.2) is 11.5 Å². The molecule has 0 unspecified atom stereocenters. The Balaban J connectivity index is 1.50. The number of ether oxygens (including phenoxy) is 2. The van der Waals surface area contributed by atoms with E-state index in [9.17, 15) is 18.0 Å². The third kappa shape index (κ3) is 5.57. The van der Waals surface area contributed by atoms with Crippen LogP contribution in [0.2, 0.25) is 0 Å². The van der Waals surface area contributed by atoms with Gasteiger partial charge in [0.25, 0.3) is 5.91 Å². The standard InChI is InChI=1S/C25H21F3N4O4/c1-34-20-11-8-16(12-21(20)35-2)23-31-22(36-32-23)14-29-19-10-9-17(13-18(19)25(26,27)28)30-24(33)15-6-4-3-5-7-15/h3-13,29H,14H2,1-2H3,(H,30,33). The molecule has 0 aliphatic rings. The summed E-state index contributed by atoms with van der Waals surface area (Å²) in [5, 5.41) is 9.05. The highest BCUT2D eigenvalue weighted by atomic mass is 19.4. The van der Waals surface area contributed by atoms with Gasteiger partial charge in [-0.1, -0.05) is 23.4 Å². The minimum atomic E-state index is -4.67. The molecular formula is C25H21F3N4O4. The second-order valence-corrected chi connectivity index (χ2v) is 7.51. The molecule has 36 heavy (non-hydrogen) atoms. The summed E-state index contributed by atoms with van der Waals surface area (Å²) in [6, 6.07) is 16.7. The van der Waals surface area contributed by atoms with Crippen molar-refractivity contribution in [1.29, 1.82) is 0 Å². The van der Waals surface area contributed by atoms with Gasteiger partial charge in [0.1, 0.15) is 0 Å². The number of nitrogens with zero attached hydrogens (tertiary/aromatic N) is 2. The lowest BCUT2D eigenvalue weighted by atomic mass is 10.1. The normalized spacial score (nSPS) is 11.1. The van der Waals surface area contributed by atoms with E-state index in [2.05, 4.69) is 20.8 Å². The molecule has 0 radical (unpaired) electrons. The van der Waals surface area contributed by atoms with Crippen LogP contribution in [0.25, 0.3) is 11.4 Å². The fourth-order valence-corrected chi connectivity index (χ4v) is 3.39. The number of aromatic nitrogens is 2. The number of amides is 1. The van der Waals surface area contributed by atoms with E-state index in [-0.39, 0.29) is 29.6 Å². The van der Waals surface area contributed by atoms with Gasteiger partial charge in [-0.2, -0.15) is 18.2 Å². The fourth-order valence-electron chi connectivity index (χ4n) is 3.39. The zero-order valence-electron chi connectivity index (χ0n) is 19.2. The van der Waals surface area contributed by atoms with Crippen LogP contribution < -0.4 is 20.1 Å². The summed E-state index contributed by atoms with van der Waals surface area (Å²) in [6.45, 7) is -0.154. The molecule has 0 saturated carbocycles. The Hall–Kier alpha value is -4.54. The summed E-state index contributed by atoms with van der Waals surface area (Å²) in [7, 11) is 3.00. The molecule has 0 aliphatic heterocycles. The number of nitrogens with one attached hydrogen (secondary N) is 2. The van der Waals surface area contributed by atoms with E-state index in [4.69, 9.17) is 14.0 Å². The Morgan fingerprint density at radius 2 is 1.72 bits per heavy atom. The number of rotatable bonds is 8. The lowest BCUT2D eigenvalue weighted by Crippen LogP contribution is -2.15. The minimum Gasteiger partial charge on any atom is -0.493 e. The Labute approximate surface area is 204 Å². The molecule has 0 aliphatic carbocycles. The predicted octanol–water partition coefficient (Wildman–Crippen LogP) is 5.64. The van der Waals surface area contributed by atoms with Gasteiger partial charge < -0.3 is 24.6 Å². The highest BCUT2D eigenvalue weighted by molar-refractivity contribution is 6.04. The average Bonchev–Trinajstić information content (AvgIpc) is 3.36. The third-order valence-corrected chi connectivity index (χ3v) is 5.16. The smallest absolute Gasteiger partial charge is 0.418 e. The molecule has 11 heteroatoms. The maximum absolute atomic E-state index is 13.7. The van der Waals surface area contributed by atoms with Crippen LogP contribution in [0, 0.1) is 0 Å². The minimum absolute atomic E-state index is 0.00950. The summed E-state index contributed by atoms with van der Waals surface area (Å²) in [5.41, 5.74) is -0.235. The molecule has 1 aromatic heterocycles. The maximum atomic E-state index is 13.7. The van der Waals surface area contributed by atoms with Gasteiger partial charge in [-0.05, 0) is 48.5 Å². The van der Waals surface area contributed by atoms with Crippen LogP contribution in [-0.4, -0.2) is 30.3 Å². The van der Waals surface area contributed by atoms with E-state index in [0.29, 0.717) is 22.6 Å². The lowest BCUT2D eigenvalue weighted by molar-refractivity contribution is -0.136. The van der Waals surface area contributed by atoms with Gasteiger partial charge in [0, 0.05) is 22.5 Å². The quantitative estimate of drug-likeness (QED) is 0.325. The SMILES string of the molecule is COc1ccc(-c2noc(CNc3ccc(NC(=O)c4ccccc4)cc3C(F)(F)F)n2)cc1OC. The topological polar surface area (TPSA) is 98.5 Å². The molecule has 4 aromatic rings. The van der Waals surface area contributed by atoms with E-state index >= 15 is 0 Å². The van der Waals surface area contributed by atoms with Crippen molar-refractivity contribution in [1.82, 2.24) is 10.1 Å². The summed E-state index contributed by atoms with van der Waals surface area (Å²) in [6.07, 6.45) is -4.67. The zero-order valence-corrected chi connectivity index (χ0v) is 19.2. The van der Waals surface area contributed by atoms with E-state index in [1.54, 1.807) is 48.5 Å². The zero-order chi connectivity index (χ0) is 25.7. The largest absolute Gasteiger partial charge is 0.493 e. The van der Waals surface area contributed by atoms with Crippen LogP contribution in [0.15, 0.2) is 71.3 Å². The van der Waals surface area contributed by atoms with E-state index in [1.165, 1.54) is 26.4 Å². The molecule has 0 atom stereocenters. The number of benzene rings is 3. The summed E-state index contributed by atoms with van der Waals surface area (Å²) >= 11 is 0. The van der Waals surface area contributed by atoms with Gasteiger partial charge in [-0.3, -0.25) is 4.79 Å². The van der Waals surface area contributed by atoms with Gasteiger partial charge >= 0.3 is 6.18 Å². The monoisotopic (exact) mass is 498 g/mol. The molecule has 0 fully saturated rings. The summed E-state index contributed by atoms with van der Waals surface area (Å²) in [5.74, 6) is 0.790. The van der Waals surface area contributed by atoms with Crippen molar-refractivity contribution in [2.75, 3.05) is 24.9 Å². The molecule has 4 rings (SSSR count). The van der Waals surface area contributed by atoms with Crippen molar-refractivity contribution in [3.05, 3.63) is 83.7 Å². The van der Waals surface area contributed by atoms with Crippen LogP contribution in [0.3, 0.4) is 0 Å². The van der Waals surface area contributed by atoms with Crippen LogP contribution in [0.4, 0.5) is 24.5 Å². The Morgan fingerprint density at radius 3 is 2.42 bits per heavy atom. The van der Waals surface area contributed by atoms with Crippen LogP contribution in [0.1, 0.15) is 21.8 Å². The van der Waals surface area contributed by atoms with Gasteiger partial charge in [0.2, 0.25) is 11.7 Å². The lowest BCUT2D eigenvalue weighted by Gasteiger charge is -2.16. The molecule has 8 nitrogen and oxygen atoms in total. The molecule has 0 saturated heterocycles.